The maximum absolute atomic E-state index is 12.3. The summed E-state index contributed by atoms with van der Waals surface area (Å²) in [4.78, 5) is 29.2. The number of anilines is 1. The third-order valence-electron chi connectivity index (χ3n) is 3.67. The van der Waals surface area contributed by atoms with Crippen molar-refractivity contribution in [2.24, 2.45) is 0 Å². The molecule has 3 aromatic rings. The number of carbonyl (C=O) groups is 2. The zero-order valence-corrected chi connectivity index (χ0v) is 15.2. The minimum atomic E-state index is -0.485. The number of nitrogens with zero attached hydrogens (tertiary/aromatic N) is 2. The van der Waals surface area contributed by atoms with Crippen molar-refractivity contribution < 1.29 is 14.3 Å². The first-order chi connectivity index (χ1) is 13.1. The smallest absolute Gasteiger partial charge is 0.350 e. The number of aryl methyl sites for hydroxylation is 1. The van der Waals surface area contributed by atoms with Crippen LogP contribution in [0.5, 0.6) is 0 Å². The molecule has 7 heteroatoms. The number of aromatic nitrogens is 1. The number of thiazole rings is 1. The lowest BCUT2D eigenvalue weighted by atomic mass is 10.1. The largest absolute Gasteiger partial charge is 0.457 e. The Labute approximate surface area is 160 Å². The van der Waals surface area contributed by atoms with Gasteiger partial charge >= 0.3 is 5.97 Å². The summed E-state index contributed by atoms with van der Waals surface area (Å²) in [7, 11) is 0. The van der Waals surface area contributed by atoms with E-state index in [0.717, 1.165) is 16.9 Å². The van der Waals surface area contributed by atoms with Crippen molar-refractivity contribution in [3.8, 4) is 6.07 Å². The molecule has 0 atom stereocenters. The number of hydrogen-bond acceptors (Lipinski definition) is 6. The number of esters is 1. The molecule has 0 unspecified atom stereocenters. The van der Waals surface area contributed by atoms with Gasteiger partial charge in [-0.25, -0.2) is 9.78 Å². The van der Waals surface area contributed by atoms with Gasteiger partial charge in [-0.2, -0.15) is 5.26 Å². The normalized spacial score (nSPS) is 10.1. The van der Waals surface area contributed by atoms with E-state index in [2.05, 4.69) is 10.3 Å². The molecule has 1 amide bonds. The van der Waals surface area contributed by atoms with Crippen molar-refractivity contribution in [2.75, 3.05) is 5.32 Å². The molecule has 0 saturated carbocycles. The van der Waals surface area contributed by atoms with Gasteiger partial charge in [-0.1, -0.05) is 47.7 Å². The average Bonchev–Trinajstić information content (AvgIpc) is 3.07. The molecule has 3 rings (SSSR count). The lowest BCUT2D eigenvalue weighted by molar-refractivity contribution is 0.0477. The topological polar surface area (TPSA) is 92.1 Å². The van der Waals surface area contributed by atoms with Crippen molar-refractivity contribution in [2.45, 2.75) is 13.5 Å². The number of nitriles is 1. The maximum atomic E-state index is 12.3. The van der Waals surface area contributed by atoms with Crippen LogP contribution >= 0.6 is 11.3 Å². The Hall–Kier alpha value is -3.50. The molecule has 0 saturated heterocycles. The van der Waals surface area contributed by atoms with Crippen LogP contribution in [-0.4, -0.2) is 16.9 Å². The molecule has 6 nitrogen and oxygen atoms in total. The molecule has 0 aliphatic carbocycles. The van der Waals surface area contributed by atoms with Crippen LogP contribution in [0.25, 0.3) is 0 Å². The number of hydrogen-bond donors (Lipinski definition) is 1. The van der Waals surface area contributed by atoms with Gasteiger partial charge < -0.3 is 4.74 Å². The molecule has 0 bridgehead atoms. The van der Waals surface area contributed by atoms with Crippen molar-refractivity contribution in [3.63, 3.8) is 0 Å². The van der Waals surface area contributed by atoms with Gasteiger partial charge in [0.2, 0.25) is 0 Å². The van der Waals surface area contributed by atoms with Gasteiger partial charge in [0.25, 0.3) is 5.91 Å². The second-order valence-corrected chi connectivity index (χ2v) is 6.64. The minimum Gasteiger partial charge on any atom is -0.457 e. The van der Waals surface area contributed by atoms with E-state index in [1.54, 1.807) is 25.1 Å². The summed E-state index contributed by atoms with van der Waals surface area (Å²) in [5.41, 5.74) is 2.11. The van der Waals surface area contributed by atoms with E-state index in [1.165, 1.54) is 6.07 Å². The second kappa shape index (κ2) is 8.25. The van der Waals surface area contributed by atoms with Crippen LogP contribution in [0.3, 0.4) is 0 Å². The lowest BCUT2D eigenvalue weighted by Crippen LogP contribution is -2.11. The molecular formula is C20H15N3O3S. The van der Waals surface area contributed by atoms with E-state index in [-0.39, 0.29) is 6.61 Å². The summed E-state index contributed by atoms with van der Waals surface area (Å²) in [5, 5.41) is 11.9. The van der Waals surface area contributed by atoms with E-state index in [1.807, 2.05) is 36.4 Å². The maximum Gasteiger partial charge on any atom is 0.350 e. The van der Waals surface area contributed by atoms with Crippen molar-refractivity contribution in [1.29, 1.82) is 5.26 Å². The fourth-order valence-corrected chi connectivity index (χ4v) is 3.18. The fourth-order valence-electron chi connectivity index (χ4n) is 2.33. The first-order valence-electron chi connectivity index (χ1n) is 8.07. The molecule has 1 aromatic heterocycles. The fraction of sp³-hybridized carbons (Fsp3) is 0.100. The van der Waals surface area contributed by atoms with E-state index in [4.69, 9.17) is 10.00 Å². The third kappa shape index (κ3) is 4.57. The first-order valence-corrected chi connectivity index (χ1v) is 8.88. The Morgan fingerprint density at radius 2 is 1.96 bits per heavy atom. The summed E-state index contributed by atoms with van der Waals surface area (Å²) in [6.45, 7) is 1.85. The molecule has 1 heterocycles. The van der Waals surface area contributed by atoms with Gasteiger partial charge in [-0.3, -0.25) is 10.1 Å². The van der Waals surface area contributed by atoms with Gasteiger partial charge in [0.1, 0.15) is 11.5 Å². The van der Waals surface area contributed by atoms with Crippen molar-refractivity contribution in [3.05, 3.63) is 81.9 Å². The van der Waals surface area contributed by atoms with E-state index < -0.39 is 11.9 Å². The number of carbonyl (C=O) groups excluding carboxylic acids is 2. The minimum absolute atomic E-state index is 0.166. The molecule has 134 valence electrons. The van der Waals surface area contributed by atoms with Crippen LogP contribution in [0.2, 0.25) is 0 Å². The van der Waals surface area contributed by atoms with Crippen LogP contribution in [0.15, 0.2) is 54.6 Å². The molecule has 27 heavy (non-hydrogen) atoms. The quantitative estimate of drug-likeness (QED) is 0.680. The second-order valence-electron chi connectivity index (χ2n) is 5.64. The summed E-state index contributed by atoms with van der Waals surface area (Å²) in [6, 6.07) is 17.7. The number of benzene rings is 2. The summed E-state index contributed by atoms with van der Waals surface area (Å²) in [5.74, 6) is -0.883. The molecule has 1 N–H and O–H groups in total. The molecule has 0 radical (unpaired) electrons. The van der Waals surface area contributed by atoms with Gasteiger partial charge in [0.15, 0.2) is 5.13 Å². The molecular weight excluding hydrogens is 362 g/mol. The SMILES string of the molecule is Cc1nc(NC(=O)c2cccc(C#N)c2)sc1C(=O)OCc1ccccc1. The Kier molecular flexibility index (Phi) is 5.59. The van der Waals surface area contributed by atoms with Gasteiger partial charge in [-0.05, 0) is 30.7 Å². The van der Waals surface area contributed by atoms with Crippen LogP contribution in [0.1, 0.15) is 36.9 Å². The molecule has 0 aliphatic rings. The van der Waals surface area contributed by atoms with E-state index >= 15 is 0 Å². The van der Waals surface area contributed by atoms with Gasteiger partial charge in [0.05, 0.1) is 17.3 Å². The number of ether oxygens (including phenoxy) is 1. The predicted octanol–water partition coefficient (Wildman–Crippen LogP) is 3.93. The van der Waals surface area contributed by atoms with Crippen LogP contribution in [-0.2, 0) is 11.3 Å². The predicted molar refractivity (Wildman–Crippen MR) is 102 cm³/mol. The Bertz CT molecular complexity index is 1020. The van der Waals surface area contributed by atoms with Gasteiger partial charge in [0, 0.05) is 5.56 Å². The molecule has 0 fully saturated rings. The average molecular weight is 377 g/mol. The number of amides is 1. The van der Waals surface area contributed by atoms with Crippen molar-refractivity contribution in [1.82, 2.24) is 4.98 Å². The number of nitrogens with one attached hydrogen (secondary N) is 1. The highest BCUT2D eigenvalue weighted by atomic mass is 32.1. The Morgan fingerprint density at radius 3 is 2.70 bits per heavy atom. The van der Waals surface area contributed by atoms with Crippen LogP contribution < -0.4 is 5.32 Å². The lowest BCUT2D eigenvalue weighted by Gasteiger charge is -2.03. The summed E-state index contributed by atoms with van der Waals surface area (Å²) >= 11 is 1.05. The van der Waals surface area contributed by atoms with E-state index in [9.17, 15) is 9.59 Å². The zero-order chi connectivity index (χ0) is 19.2. The molecule has 2 aromatic carbocycles. The zero-order valence-electron chi connectivity index (χ0n) is 14.4. The van der Waals surface area contributed by atoms with Crippen LogP contribution in [0.4, 0.5) is 5.13 Å². The highest BCUT2D eigenvalue weighted by Crippen LogP contribution is 2.24. The first kappa shape index (κ1) is 18.3. The van der Waals surface area contributed by atoms with Crippen molar-refractivity contribution >= 4 is 28.3 Å². The summed E-state index contributed by atoms with van der Waals surface area (Å²) in [6.07, 6.45) is 0. The highest BCUT2D eigenvalue weighted by Gasteiger charge is 2.18. The van der Waals surface area contributed by atoms with E-state index in [0.29, 0.717) is 26.8 Å². The Balaban J connectivity index is 1.67. The Morgan fingerprint density at radius 1 is 1.19 bits per heavy atom. The third-order valence-corrected chi connectivity index (χ3v) is 4.72. The monoisotopic (exact) mass is 377 g/mol. The summed E-state index contributed by atoms with van der Waals surface area (Å²) < 4.78 is 5.31. The standard InChI is InChI=1S/C20H15N3O3S/c1-13-17(19(25)26-12-14-6-3-2-4-7-14)27-20(22-13)23-18(24)16-9-5-8-15(10-16)11-21/h2-10H,12H2,1H3,(H,22,23,24). The molecule has 0 spiro atoms. The number of rotatable bonds is 5. The van der Waals surface area contributed by atoms with Crippen LogP contribution in [0, 0.1) is 18.3 Å². The highest BCUT2D eigenvalue weighted by molar-refractivity contribution is 7.17. The van der Waals surface area contributed by atoms with Gasteiger partial charge in [-0.15, -0.1) is 0 Å². The molecule has 0 aliphatic heterocycles.